The van der Waals surface area contributed by atoms with Crippen molar-refractivity contribution in [3.05, 3.63) is 18.0 Å². The molecule has 0 aromatic carbocycles. The Hall–Kier alpha value is -1.27. The van der Waals surface area contributed by atoms with Gasteiger partial charge in [-0.3, -0.25) is 4.79 Å². The van der Waals surface area contributed by atoms with Crippen molar-refractivity contribution >= 4 is 18.5 Å². The van der Waals surface area contributed by atoms with E-state index in [1.807, 2.05) is 0 Å². The summed E-state index contributed by atoms with van der Waals surface area (Å²) in [6.45, 7) is 0. The Kier molecular flexibility index (Phi) is 2.21. The van der Waals surface area contributed by atoms with Crippen LogP contribution in [0.4, 0.5) is 0 Å². The fourth-order valence-electron chi connectivity index (χ4n) is 0.976. The van der Waals surface area contributed by atoms with Gasteiger partial charge in [0.1, 0.15) is 5.69 Å². The van der Waals surface area contributed by atoms with E-state index in [9.17, 15) is 4.79 Å². The van der Waals surface area contributed by atoms with Crippen molar-refractivity contribution in [3.8, 4) is 0 Å². The second-order valence-electron chi connectivity index (χ2n) is 2.51. The Labute approximate surface area is 69.6 Å². The minimum atomic E-state index is -1.57. The number of carbonyl (C=O) groups excluding carboxylic acids is 1. The Morgan fingerprint density at radius 2 is 2.25 bits per heavy atom. The van der Waals surface area contributed by atoms with Crippen molar-refractivity contribution in [2.75, 3.05) is 0 Å². The Morgan fingerprint density at radius 3 is 2.50 bits per heavy atom. The van der Waals surface area contributed by atoms with E-state index < -0.39 is 13.0 Å². The van der Waals surface area contributed by atoms with Crippen LogP contribution in [0.3, 0.4) is 0 Å². The van der Waals surface area contributed by atoms with Crippen LogP contribution in [-0.2, 0) is 7.05 Å². The zero-order chi connectivity index (χ0) is 9.30. The van der Waals surface area contributed by atoms with Crippen LogP contribution >= 0.6 is 0 Å². The van der Waals surface area contributed by atoms with E-state index in [0.29, 0.717) is 0 Å². The van der Waals surface area contributed by atoms with Gasteiger partial charge in [0.05, 0.1) is 0 Å². The molecule has 0 aliphatic rings. The molecule has 6 heteroatoms. The monoisotopic (exact) mass is 168 g/mol. The lowest BCUT2D eigenvalue weighted by atomic mass is 9.82. The van der Waals surface area contributed by atoms with Crippen LogP contribution in [0.5, 0.6) is 0 Å². The molecule has 0 atom stereocenters. The van der Waals surface area contributed by atoms with E-state index >= 15 is 0 Å². The molecule has 4 N–H and O–H groups in total. The topological polar surface area (TPSA) is 88.5 Å². The van der Waals surface area contributed by atoms with Crippen LogP contribution in [0, 0.1) is 0 Å². The van der Waals surface area contributed by atoms with Gasteiger partial charge in [-0.05, 0) is 6.07 Å². The first-order valence-electron chi connectivity index (χ1n) is 3.34. The molecule has 5 nitrogen and oxygen atoms in total. The van der Waals surface area contributed by atoms with Crippen molar-refractivity contribution in [2.45, 2.75) is 0 Å². The molecule has 0 saturated heterocycles. The molecule has 0 bridgehead atoms. The van der Waals surface area contributed by atoms with Crippen molar-refractivity contribution in [1.29, 1.82) is 0 Å². The third-order valence-corrected chi connectivity index (χ3v) is 1.58. The van der Waals surface area contributed by atoms with Crippen molar-refractivity contribution in [1.82, 2.24) is 4.57 Å². The van der Waals surface area contributed by atoms with E-state index in [1.54, 1.807) is 7.05 Å². The lowest BCUT2D eigenvalue weighted by Crippen LogP contribution is -2.28. The van der Waals surface area contributed by atoms with Crippen LogP contribution in [0.1, 0.15) is 10.5 Å². The quantitative estimate of drug-likeness (QED) is 0.438. The van der Waals surface area contributed by atoms with Gasteiger partial charge in [0, 0.05) is 18.7 Å². The number of carbonyl (C=O) groups is 1. The standard InChI is InChI=1S/C6H9BN2O3/c1-9-3-4(7(11)12)2-5(9)6(8)10/h2-3,11-12H,1H3,(H2,8,10). The summed E-state index contributed by atoms with van der Waals surface area (Å²) in [5.74, 6) is -0.593. The third-order valence-electron chi connectivity index (χ3n) is 1.58. The molecule has 0 saturated carbocycles. The molecule has 1 heterocycles. The lowest BCUT2D eigenvalue weighted by molar-refractivity contribution is 0.0992. The van der Waals surface area contributed by atoms with Gasteiger partial charge in [-0.1, -0.05) is 0 Å². The highest BCUT2D eigenvalue weighted by Gasteiger charge is 2.16. The summed E-state index contributed by atoms with van der Waals surface area (Å²) < 4.78 is 1.44. The van der Waals surface area contributed by atoms with Crippen LogP contribution in [0.25, 0.3) is 0 Å². The van der Waals surface area contributed by atoms with Gasteiger partial charge in [-0.25, -0.2) is 0 Å². The molecule has 12 heavy (non-hydrogen) atoms. The molecule has 0 aliphatic heterocycles. The lowest BCUT2D eigenvalue weighted by Gasteiger charge is -1.94. The summed E-state index contributed by atoms with van der Waals surface area (Å²) in [5.41, 5.74) is 5.51. The molecule has 64 valence electrons. The number of hydrogen-bond donors (Lipinski definition) is 3. The first kappa shape index (κ1) is 8.83. The fraction of sp³-hybridized carbons (Fsp3) is 0.167. The average molecular weight is 168 g/mol. The van der Waals surface area contributed by atoms with Crippen molar-refractivity contribution < 1.29 is 14.8 Å². The van der Waals surface area contributed by atoms with Gasteiger partial charge in [0.25, 0.3) is 5.91 Å². The maximum atomic E-state index is 10.7. The predicted octanol–water partition coefficient (Wildman–Crippen LogP) is -2.20. The summed E-state index contributed by atoms with van der Waals surface area (Å²) in [6.07, 6.45) is 1.44. The summed E-state index contributed by atoms with van der Waals surface area (Å²) >= 11 is 0. The Morgan fingerprint density at radius 1 is 1.67 bits per heavy atom. The third kappa shape index (κ3) is 1.49. The molecular formula is C6H9BN2O3. The van der Waals surface area contributed by atoms with Gasteiger partial charge in [-0.2, -0.15) is 0 Å². The van der Waals surface area contributed by atoms with Gasteiger partial charge in [0.2, 0.25) is 0 Å². The van der Waals surface area contributed by atoms with E-state index in [2.05, 4.69) is 0 Å². The maximum Gasteiger partial charge on any atom is 0.490 e. The molecule has 1 amide bonds. The van der Waals surface area contributed by atoms with Gasteiger partial charge in [-0.15, -0.1) is 0 Å². The van der Waals surface area contributed by atoms with Gasteiger partial charge in [0.15, 0.2) is 0 Å². The molecule has 0 fully saturated rings. The molecule has 1 aromatic rings. The molecule has 1 aromatic heterocycles. The van der Waals surface area contributed by atoms with Gasteiger partial charge < -0.3 is 20.3 Å². The maximum absolute atomic E-state index is 10.7. The summed E-state index contributed by atoms with van der Waals surface area (Å²) in [6, 6.07) is 1.34. The van der Waals surface area contributed by atoms with E-state index in [0.717, 1.165) is 0 Å². The average Bonchev–Trinajstić information content (AvgIpc) is 2.30. The normalized spacial score (nSPS) is 9.92. The summed E-state index contributed by atoms with van der Waals surface area (Å²) in [7, 11) is 0.0377. The number of hydrogen-bond acceptors (Lipinski definition) is 3. The number of nitrogens with zero attached hydrogens (tertiary/aromatic N) is 1. The highest BCUT2D eigenvalue weighted by Crippen LogP contribution is 1.96. The second-order valence-corrected chi connectivity index (χ2v) is 2.51. The molecule has 0 unspecified atom stereocenters. The number of amides is 1. The fourth-order valence-corrected chi connectivity index (χ4v) is 0.976. The van der Waals surface area contributed by atoms with Crippen LogP contribution in [-0.4, -0.2) is 27.6 Å². The van der Waals surface area contributed by atoms with E-state index in [4.69, 9.17) is 15.8 Å². The Balaban J connectivity index is 3.09. The summed E-state index contributed by atoms with van der Waals surface area (Å²) in [5, 5.41) is 17.5. The van der Waals surface area contributed by atoms with Crippen LogP contribution < -0.4 is 11.2 Å². The first-order valence-corrected chi connectivity index (χ1v) is 3.34. The van der Waals surface area contributed by atoms with Crippen molar-refractivity contribution in [3.63, 3.8) is 0 Å². The Bertz CT molecular complexity index is 308. The zero-order valence-corrected chi connectivity index (χ0v) is 6.56. The smallest absolute Gasteiger partial charge is 0.423 e. The second kappa shape index (κ2) is 3.00. The molecule has 0 spiro atoms. The molecule has 0 radical (unpaired) electrons. The SMILES string of the molecule is Cn1cc(B(O)O)cc1C(N)=O. The first-order chi connectivity index (χ1) is 5.52. The molecule has 0 aliphatic carbocycles. The van der Waals surface area contributed by atoms with Crippen molar-refractivity contribution in [2.24, 2.45) is 12.8 Å². The largest absolute Gasteiger partial charge is 0.490 e. The highest BCUT2D eigenvalue weighted by molar-refractivity contribution is 6.58. The minimum absolute atomic E-state index is 0.248. The predicted molar refractivity (Wildman–Crippen MR) is 43.8 cm³/mol. The molecule has 1 rings (SSSR count). The number of primary amides is 1. The number of rotatable bonds is 2. The molecular weight excluding hydrogens is 159 g/mol. The van der Waals surface area contributed by atoms with E-state index in [1.165, 1.54) is 16.8 Å². The highest BCUT2D eigenvalue weighted by atomic mass is 16.4. The van der Waals surface area contributed by atoms with Crippen LogP contribution in [0.2, 0.25) is 0 Å². The zero-order valence-electron chi connectivity index (χ0n) is 6.56. The van der Waals surface area contributed by atoms with Crippen LogP contribution in [0.15, 0.2) is 12.3 Å². The number of nitrogens with two attached hydrogens (primary N) is 1. The summed E-state index contributed by atoms with van der Waals surface area (Å²) in [4.78, 5) is 10.7. The number of aromatic nitrogens is 1. The van der Waals surface area contributed by atoms with E-state index in [-0.39, 0.29) is 11.2 Å². The minimum Gasteiger partial charge on any atom is -0.423 e. The van der Waals surface area contributed by atoms with Gasteiger partial charge >= 0.3 is 7.12 Å². The number of aryl methyl sites for hydroxylation is 1.